The van der Waals surface area contributed by atoms with Gasteiger partial charge in [-0.2, -0.15) is 0 Å². The zero-order valence-electron chi connectivity index (χ0n) is 10.7. The summed E-state index contributed by atoms with van der Waals surface area (Å²) in [5.41, 5.74) is 2.34. The summed E-state index contributed by atoms with van der Waals surface area (Å²) in [6, 6.07) is 8.34. The summed E-state index contributed by atoms with van der Waals surface area (Å²) in [5, 5.41) is 10.3. The Kier molecular flexibility index (Phi) is 4.19. The van der Waals surface area contributed by atoms with E-state index in [1.165, 1.54) is 5.56 Å². The molecule has 0 aromatic heterocycles. The molecule has 0 aliphatic carbocycles. The normalized spacial score (nSPS) is 22.7. The van der Waals surface area contributed by atoms with E-state index in [-0.39, 0.29) is 12.0 Å². The van der Waals surface area contributed by atoms with E-state index in [1.54, 1.807) is 0 Å². The summed E-state index contributed by atoms with van der Waals surface area (Å²) < 4.78 is 5.43. The molecule has 1 N–H and O–H groups in total. The van der Waals surface area contributed by atoms with Crippen LogP contribution in [0.3, 0.4) is 0 Å². The summed E-state index contributed by atoms with van der Waals surface area (Å²) >= 11 is 0. The lowest BCUT2D eigenvalue weighted by molar-refractivity contribution is -0.00997. The van der Waals surface area contributed by atoms with Gasteiger partial charge in [-0.05, 0) is 29.9 Å². The molecule has 1 aliphatic rings. The van der Waals surface area contributed by atoms with Crippen LogP contribution in [-0.4, -0.2) is 18.3 Å². The second-order valence-electron chi connectivity index (χ2n) is 5.24. The first-order valence-corrected chi connectivity index (χ1v) is 6.54. The molecule has 2 heteroatoms. The lowest BCUT2D eigenvalue weighted by Crippen LogP contribution is -2.23. The van der Waals surface area contributed by atoms with E-state index in [2.05, 4.69) is 38.1 Å². The third-order valence-corrected chi connectivity index (χ3v) is 3.59. The molecule has 0 saturated carbocycles. The maximum atomic E-state index is 10.3. The Labute approximate surface area is 104 Å². The standard InChI is InChI=1S/C15H22O2/c1-11(2)12-5-7-13(8-6-12)15(16)14-4-3-9-17-10-14/h5-8,11,14-16H,3-4,9-10H2,1-2H3. The average Bonchev–Trinajstić information content (AvgIpc) is 2.39. The Morgan fingerprint density at radius 1 is 1.18 bits per heavy atom. The molecule has 2 unspecified atom stereocenters. The van der Waals surface area contributed by atoms with Crippen LogP contribution in [-0.2, 0) is 4.74 Å². The molecule has 2 atom stereocenters. The minimum atomic E-state index is -0.378. The average molecular weight is 234 g/mol. The van der Waals surface area contributed by atoms with E-state index < -0.39 is 0 Å². The highest BCUT2D eigenvalue weighted by atomic mass is 16.5. The Balaban J connectivity index is 2.05. The van der Waals surface area contributed by atoms with Crippen molar-refractivity contribution in [3.05, 3.63) is 35.4 Å². The molecule has 2 rings (SSSR count). The fourth-order valence-corrected chi connectivity index (χ4v) is 2.36. The lowest BCUT2D eigenvalue weighted by atomic mass is 9.90. The third kappa shape index (κ3) is 3.08. The van der Waals surface area contributed by atoms with Crippen LogP contribution in [0.15, 0.2) is 24.3 Å². The number of aliphatic hydroxyl groups excluding tert-OH is 1. The van der Waals surface area contributed by atoms with Crippen LogP contribution in [0.5, 0.6) is 0 Å². The predicted molar refractivity (Wildman–Crippen MR) is 69.0 cm³/mol. The molecule has 0 bridgehead atoms. The van der Waals surface area contributed by atoms with Crippen LogP contribution in [0.1, 0.15) is 49.8 Å². The topological polar surface area (TPSA) is 29.5 Å². The number of aliphatic hydroxyl groups is 1. The van der Waals surface area contributed by atoms with E-state index >= 15 is 0 Å². The van der Waals surface area contributed by atoms with E-state index in [1.807, 2.05) is 0 Å². The van der Waals surface area contributed by atoms with Crippen LogP contribution in [0.4, 0.5) is 0 Å². The van der Waals surface area contributed by atoms with Gasteiger partial charge in [0, 0.05) is 12.5 Å². The lowest BCUT2D eigenvalue weighted by Gasteiger charge is -2.27. The van der Waals surface area contributed by atoms with Gasteiger partial charge in [-0.15, -0.1) is 0 Å². The molecular weight excluding hydrogens is 212 g/mol. The first-order valence-electron chi connectivity index (χ1n) is 6.54. The molecule has 0 radical (unpaired) electrons. The highest BCUT2D eigenvalue weighted by Crippen LogP contribution is 2.29. The van der Waals surface area contributed by atoms with Crippen molar-refractivity contribution < 1.29 is 9.84 Å². The molecule has 0 spiro atoms. The molecule has 17 heavy (non-hydrogen) atoms. The Bertz CT molecular complexity index is 336. The maximum Gasteiger partial charge on any atom is 0.0840 e. The second-order valence-corrected chi connectivity index (χ2v) is 5.24. The Morgan fingerprint density at radius 3 is 2.35 bits per heavy atom. The molecule has 2 nitrogen and oxygen atoms in total. The summed E-state index contributed by atoms with van der Waals surface area (Å²) in [6.45, 7) is 5.89. The van der Waals surface area contributed by atoms with Crippen molar-refractivity contribution in [1.82, 2.24) is 0 Å². The van der Waals surface area contributed by atoms with Crippen molar-refractivity contribution in [2.45, 2.75) is 38.7 Å². The van der Waals surface area contributed by atoms with E-state index in [0.717, 1.165) is 25.0 Å². The van der Waals surface area contributed by atoms with Crippen LogP contribution in [0.25, 0.3) is 0 Å². The fraction of sp³-hybridized carbons (Fsp3) is 0.600. The van der Waals surface area contributed by atoms with E-state index in [4.69, 9.17) is 4.74 Å². The number of ether oxygens (including phenoxy) is 1. The number of hydrogen-bond donors (Lipinski definition) is 1. The number of benzene rings is 1. The third-order valence-electron chi connectivity index (χ3n) is 3.59. The van der Waals surface area contributed by atoms with Crippen molar-refractivity contribution >= 4 is 0 Å². The molecule has 1 aliphatic heterocycles. The molecule has 94 valence electrons. The van der Waals surface area contributed by atoms with Gasteiger partial charge in [0.15, 0.2) is 0 Å². The zero-order chi connectivity index (χ0) is 12.3. The Hall–Kier alpha value is -0.860. The Morgan fingerprint density at radius 2 is 1.82 bits per heavy atom. The molecule has 1 saturated heterocycles. The molecule has 1 aromatic rings. The molecular formula is C15H22O2. The monoisotopic (exact) mass is 234 g/mol. The first kappa shape index (κ1) is 12.6. The first-order chi connectivity index (χ1) is 8.18. The highest BCUT2D eigenvalue weighted by molar-refractivity contribution is 5.26. The smallest absolute Gasteiger partial charge is 0.0840 e. The van der Waals surface area contributed by atoms with Crippen LogP contribution in [0.2, 0.25) is 0 Å². The summed E-state index contributed by atoms with van der Waals surface area (Å²) in [4.78, 5) is 0. The summed E-state index contributed by atoms with van der Waals surface area (Å²) in [6.07, 6.45) is 1.75. The largest absolute Gasteiger partial charge is 0.388 e. The maximum absolute atomic E-state index is 10.3. The van der Waals surface area contributed by atoms with E-state index in [0.29, 0.717) is 12.5 Å². The summed E-state index contributed by atoms with van der Waals surface area (Å²) in [7, 11) is 0. The zero-order valence-corrected chi connectivity index (χ0v) is 10.7. The van der Waals surface area contributed by atoms with Crippen molar-refractivity contribution in [1.29, 1.82) is 0 Å². The van der Waals surface area contributed by atoms with Gasteiger partial charge in [0.2, 0.25) is 0 Å². The van der Waals surface area contributed by atoms with Gasteiger partial charge < -0.3 is 9.84 Å². The van der Waals surface area contributed by atoms with Crippen molar-refractivity contribution in [3.63, 3.8) is 0 Å². The highest BCUT2D eigenvalue weighted by Gasteiger charge is 2.23. The SMILES string of the molecule is CC(C)c1ccc(C(O)C2CCCOC2)cc1. The van der Waals surface area contributed by atoms with Gasteiger partial charge >= 0.3 is 0 Å². The van der Waals surface area contributed by atoms with Crippen LogP contribution in [0, 0.1) is 5.92 Å². The van der Waals surface area contributed by atoms with Crippen molar-refractivity contribution in [2.24, 2.45) is 5.92 Å². The van der Waals surface area contributed by atoms with Gasteiger partial charge in [-0.25, -0.2) is 0 Å². The minimum Gasteiger partial charge on any atom is -0.388 e. The molecule has 1 fully saturated rings. The van der Waals surface area contributed by atoms with Gasteiger partial charge in [0.25, 0.3) is 0 Å². The van der Waals surface area contributed by atoms with Gasteiger partial charge in [0.1, 0.15) is 0 Å². The second kappa shape index (κ2) is 5.65. The number of hydrogen-bond acceptors (Lipinski definition) is 2. The summed E-state index contributed by atoms with van der Waals surface area (Å²) in [5.74, 6) is 0.799. The van der Waals surface area contributed by atoms with Gasteiger partial charge in [-0.3, -0.25) is 0 Å². The predicted octanol–water partition coefficient (Wildman–Crippen LogP) is 3.27. The van der Waals surface area contributed by atoms with E-state index in [9.17, 15) is 5.11 Å². The van der Waals surface area contributed by atoms with Gasteiger partial charge in [0.05, 0.1) is 12.7 Å². The van der Waals surface area contributed by atoms with Crippen molar-refractivity contribution in [2.75, 3.05) is 13.2 Å². The molecule has 1 heterocycles. The molecule has 0 amide bonds. The quantitative estimate of drug-likeness (QED) is 0.869. The van der Waals surface area contributed by atoms with Crippen molar-refractivity contribution in [3.8, 4) is 0 Å². The van der Waals surface area contributed by atoms with Crippen LogP contribution >= 0.6 is 0 Å². The number of rotatable bonds is 3. The minimum absolute atomic E-state index is 0.258. The molecule has 1 aromatic carbocycles. The van der Waals surface area contributed by atoms with Gasteiger partial charge in [-0.1, -0.05) is 38.1 Å². The van der Waals surface area contributed by atoms with Crippen LogP contribution < -0.4 is 0 Å². The fourth-order valence-electron chi connectivity index (χ4n) is 2.36.